The molecule has 0 unspecified atom stereocenters. The molecule has 22 heavy (non-hydrogen) atoms. The largest absolute Gasteiger partial charge is 0.492 e. The van der Waals surface area contributed by atoms with Gasteiger partial charge in [0.15, 0.2) is 5.96 Å². The molecule has 7 heteroatoms. The highest BCUT2D eigenvalue weighted by molar-refractivity contribution is 14.0. The van der Waals surface area contributed by atoms with Crippen LogP contribution in [-0.2, 0) is 11.3 Å². The number of guanidine groups is 1. The van der Waals surface area contributed by atoms with Crippen LogP contribution in [-0.4, -0.2) is 57.4 Å². The predicted molar refractivity (Wildman–Crippen MR) is 99.0 cm³/mol. The van der Waals surface area contributed by atoms with E-state index in [0.717, 1.165) is 44.2 Å². The van der Waals surface area contributed by atoms with Gasteiger partial charge < -0.3 is 20.5 Å². The summed E-state index contributed by atoms with van der Waals surface area (Å²) in [6.07, 6.45) is 0. The van der Waals surface area contributed by atoms with E-state index in [4.69, 9.17) is 15.2 Å². The SMILES string of the molecule is CN=C(N)NCc1ccccc1OCCN1CCOCC1.I. The topological polar surface area (TPSA) is 72.1 Å². The Morgan fingerprint density at radius 3 is 2.82 bits per heavy atom. The molecule has 1 heterocycles. The van der Waals surface area contributed by atoms with Crippen LogP contribution in [0.3, 0.4) is 0 Å². The van der Waals surface area contributed by atoms with Crippen LogP contribution < -0.4 is 15.8 Å². The molecule has 0 radical (unpaired) electrons. The number of aliphatic imine (C=N–C) groups is 1. The van der Waals surface area contributed by atoms with Crippen molar-refractivity contribution in [3.05, 3.63) is 29.8 Å². The van der Waals surface area contributed by atoms with Crippen molar-refractivity contribution in [2.45, 2.75) is 6.54 Å². The maximum atomic E-state index is 5.90. The van der Waals surface area contributed by atoms with Gasteiger partial charge in [-0.1, -0.05) is 18.2 Å². The van der Waals surface area contributed by atoms with Crippen molar-refractivity contribution in [3.63, 3.8) is 0 Å². The van der Waals surface area contributed by atoms with Crippen LogP contribution in [0.1, 0.15) is 5.56 Å². The van der Waals surface area contributed by atoms with Gasteiger partial charge in [-0.05, 0) is 6.07 Å². The summed E-state index contributed by atoms with van der Waals surface area (Å²) in [5.41, 5.74) is 6.72. The molecule has 0 spiro atoms. The van der Waals surface area contributed by atoms with Crippen molar-refractivity contribution in [1.82, 2.24) is 10.2 Å². The highest BCUT2D eigenvalue weighted by atomic mass is 127. The van der Waals surface area contributed by atoms with Crippen LogP contribution in [0.25, 0.3) is 0 Å². The summed E-state index contributed by atoms with van der Waals surface area (Å²) in [6, 6.07) is 7.98. The second-order valence-corrected chi connectivity index (χ2v) is 4.87. The Labute approximate surface area is 149 Å². The van der Waals surface area contributed by atoms with E-state index < -0.39 is 0 Å². The summed E-state index contributed by atoms with van der Waals surface area (Å²) < 4.78 is 11.2. The summed E-state index contributed by atoms with van der Waals surface area (Å²) in [6.45, 7) is 5.80. The van der Waals surface area contributed by atoms with Crippen LogP contribution in [0.4, 0.5) is 0 Å². The first-order valence-electron chi connectivity index (χ1n) is 7.26. The zero-order chi connectivity index (χ0) is 14.9. The maximum Gasteiger partial charge on any atom is 0.188 e. The number of morpholine rings is 1. The summed E-state index contributed by atoms with van der Waals surface area (Å²) in [5, 5.41) is 3.05. The van der Waals surface area contributed by atoms with Crippen molar-refractivity contribution in [3.8, 4) is 5.75 Å². The number of hydrogen-bond acceptors (Lipinski definition) is 4. The van der Waals surface area contributed by atoms with E-state index >= 15 is 0 Å². The molecule has 1 aliphatic rings. The van der Waals surface area contributed by atoms with Crippen molar-refractivity contribution in [1.29, 1.82) is 0 Å². The zero-order valence-electron chi connectivity index (χ0n) is 13.0. The summed E-state index contributed by atoms with van der Waals surface area (Å²) in [5.74, 6) is 1.32. The van der Waals surface area contributed by atoms with Gasteiger partial charge in [-0.25, -0.2) is 0 Å². The van der Waals surface area contributed by atoms with Crippen LogP contribution in [0, 0.1) is 0 Å². The third kappa shape index (κ3) is 6.37. The van der Waals surface area contributed by atoms with Gasteiger partial charge >= 0.3 is 0 Å². The Morgan fingerprint density at radius 1 is 1.36 bits per heavy atom. The van der Waals surface area contributed by atoms with E-state index in [-0.39, 0.29) is 24.0 Å². The van der Waals surface area contributed by atoms with Gasteiger partial charge in [0.2, 0.25) is 0 Å². The first-order chi connectivity index (χ1) is 10.3. The Bertz CT molecular complexity index is 465. The first kappa shape index (κ1) is 19.0. The maximum absolute atomic E-state index is 5.90. The number of para-hydroxylation sites is 1. The second-order valence-electron chi connectivity index (χ2n) is 4.87. The van der Waals surface area contributed by atoms with Gasteiger partial charge in [-0.15, -0.1) is 24.0 Å². The van der Waals surface area contributed by atoms with Gasteiger partial charge in [0.05, 0.1) is 13.2 Å². The molecule has 1 saturated heterocycles. The van der Waals surface area contributed by atoms with Crippen LogP contribution >= 0.6 is 24.0 Å². The fourth-order valence-corrected chi connectivity index (χ4v) is 2.16. The number of halogens is 1. The number of rotatable bonds is 6. The Balaban J connectivity index is 0.00000242. The number of benzene rings is 1. The van der Waals surface area contributed by atoms with Crippen LogP contribution in [0.15, 0.2) is 29.3 Å². The monoisotopic (exact) mass is 420 g/mol. The fourth-order valence-electron chi connectivity index (χ4n) is 2.16. The minimum atomic E-state index is 0. The van der Waals surface area contributed by atoms with Crippen molar-refractivity contribution in [2.24, 2.45) is 10.7 Å². The molecule has 124 valence electrons. The van der Waals surface area contributed by atoms with E-state index in [1.807, 2.05) is 24.3 Å². The number of hydrogen-bond donors (Lipinski definition) is 2. The molecule has 0 atom stereocenters. The number of ether oxygens (including phenoxy) is 2. The lowest BCUT2D eigenvalue weighted by atomic mass is 10.2. The molecule has 0 aromatic heterocycles. The van der Waals surface area contributed by atoms with E-state index in [2.05, 4.69) is 15.2 Å². The Morgan fingerprint density at radius 2 is 2.09 bits per heavy atom. The molecule has 0 bridgehead atoms. The smallest absolute Gasteiger partial charge is 0.188 e. The molecule has 2 rings (SSSR count). The minimum Gasteiger partial charge on any atom is -0.492 e. The predicted octanol–water partition coefficient (Wildman–Crippen LogP) is 1.05. The Hall–Kier alpha value is -1.06. The molecule has 0 aliphatic carbocycles. The van der Waals surface area contributed by atoms with E-state index in [1.54, 1.807) is 7.05 Å². The van der Waals surface area contributed by atoms with Gasteiger partial charge in [0.1, 0.15) is 12.4 Å². The van der Waals surface area contributed by atoms with Gasteiger partial charge in [0.25, 0.3) is 0 Å². The molecule has 0 saturated carbocycles. The summed E-state index contributed by atoms with van der Waals surface area (Å²) in [7, 11) is 1.66. The zero-order valence-corrected chi connectivity index (χ0v) is 15.3. The van der Waals surface area contributed by atoms with E-state index in [9.17, 15) is 0 Å². The molecule has 0 amide bonds. The highest BCUT2D eigenvalue weighted by Gasteiger charge is 2.10. The standard InChI is InChI=1S/C15H24N4O2.HI/c1-17-15(16)18-12-13-4-2-3-5-14(13)21-11-8-19-6-9-20-10-7-19;/h2-5H,6-12H2,1H3,(H3,16,17,18);1H. The van der Waals surface area contributed by atoms with Crippen molar-refractivity contribution in [2.75, 3.05) is 46.5 Å². The van der Waals surface area contributed by atoms with Crippen LogP contribution in [0.2, 0.25) is 0 Å². The molecule has 1 aromatic rings. The number of nitrogens with zero attached hydrogens (tertiary/aromatic N) is 2. The quantitative estimate of drug-likeness (QED) is 0.409. The summed E-state index contributed by atoms with van der Waals surface area (Å²) in [4.78, 5) is 6.23. The lowest BCUT2D eigenvalue weighted by Gasteiger charge is -2.26. The van der Waals surface area contributed by atoms with Gasteiger partial charge in [-0.2, -0.15) is 0 Å². The van der Waals surface area contributed by atoms with Crippen LogP contribution in [0.5, 0.6) is 5.75 Å². The number of nitrogens with one attached hydrogen (secondary N) is 1. The average Bonchev–Trinajstić information content (AvgIpc) is 2.54. The molecule has 1 fully saturated rings. The lowest BCUT2D eigenvalue weighted by Crippen LogP contribution is -2.38. The second kappa shape index (κ2) is 10.6. The van der Waals surface area contributed by atoms with Crippen molar-refractivity contribution >= 4 is 29.9 Å². The third-order valence-corrected chi connectivity index (χ3v) is 3.44. The normalized spacial score (nSPS) is 16.0. The van der Waals surface area contributed by atoms with Crippen molar-refractivity contribution < 1.29 is 9.47 Å². The molecule has 1 aromatic carbocycles. The average molecular weight is 420 g/mol. The van der Waals surface area contributed by atoms with Gasteiger partial charge in [-0.3, -0.25) is 9.89 Å². The lowest BCUT2D eigenvalue weighted by molar-refractivity contribution is 0.0322. The highest BCUT2D eigenvalue weighted by Crippen LogP contribution is 2.17. The molecule has 3 N–H and O–H groups in total. The molecule has 6 nitrogen and oxygen atoms in total. The van der Waals surface area contributed by atoms with E-state index in [1.165, 1.54) is 0 Å². The third-order valence-electron chi connectivity index (χ3n) is 3.44. The fraction of sp³-hybridized carbons (Fsp3) is 0.533. The molecular weight excluding hydrogens is 395 g/mol. The Kier molecular flexibility index (Phi) is 9.17. The first-order valence-corrected chi connectivity index (χ1v) is 7.26. The van der Waals surface area contributed by atoms with E-state index in [0.29, 0.717) is 19.1 Å². The molecule has 1 aliphatic heterocycles. The number of nitrogens with two attached hydrogens (primary N) is 1. The minimum absolute atomic E-state index is 0. The van der Waals surface area contributed by atoms with Gasteiger partial charge in [0, 0.05) is 38.8 Å². The molecular formula is C15H25IN4O2. The summed E-state index contributed by atoms with van der Waals surface area (Å²) >= 11 is 0.